The molecule has 5 heavy (non-hydrogen) atoms. The topological polar surface area (TPSA) is 0 Å². The van der Waals surface area contributed by atoms with Crippen molar-refractivity contribution >= 4 is 48.9 Å². The van der Waals surface area contributed by atoms with Gasteiger partial charge in [-0.2, -0.15) is 0 Å². The molecule has 0 aliphatic carbocycles. The molecule has 0 aliphatic heterocycles. The van der Waals surface area contributed by atoms with Gasteiger partial charge < -0.3 is 17.0 Å². The average molecular weight is 285 g/mol. The molecule has 0 amide bonds. The van der Waals surface area contributed by atoms with Crippen LogP contribution in [0.25, 0.3) is 0 Å². The first-order valence-corrected chi connectivity index (χ1v) is 0. The minimum atomic E-state index is 0. The van der Waals surface area contributed by atoms with Gasteiger partial charge in [0.25, 0.3) is 0 Å². The van der Waals surface area contributed by atoms with Crippen molar-refractivity contribution in [3.63, 3.8) is 0 Å². The third kappa shape index (κ3) is 21.2. The second-order valence-electron chi connectivity index (χ2n) is 0. The summed E-state index contributed by atoms with van der Waals surface area (Å²) in [4.78, 5) is 0. The average Bonchev–Trinajstić information content (AvgIpc) is 0. The van der Waals surface area contributed by atoms with E-state index in [4.69, 9.17) is 0 Å². The minimum Gasteiger partial charge on any atom is -1.00 e. The Hall–Kier alpha value is 2.47. The van der Waals surface area contributed by atoms with Crippen molar-refractivity contribution in [1.29, 1.82) is 0 Å². The Morgan fingerprint density at radius 3 is 0.800 bits per heavy atom. The Balaban J connectivity index is 0. The van der Waals surface area contributed by atoms with Crippen LogP contribution in [0.2, 0.25) is 0 Å². The second-order valence-corrected chi connectivity index (χ2v) is 0. The predicted molar refractivity (Wildman–Crippen MR) is 7.98 cm³/mol. The van der Waals surface area contributed by atoms with Gasteiger partial charge in [-0.1, -0.05) is 0 Å². The molecule has 0 radical (unpaired) electrons. The van der Waals surface area contributed by atoms with Crippen LogP contribution < -0.4 is 14.1 Å². The molecule has 0 aromatic heterocycles. The Morgan fingerprint density at radius 1 is 0.800 bits per heavy atom. The van der Waals surface area contributed by atoms with Crippen LogP contribution in [0.4, 0.5) is 0 Å². The van der Waals surface area contributed by atoms with Gasteiger partial charge in [0.05, 0.1) is 0 Å². The summed E-state index contributed by atoms with van der Waals surface area (Å²) in [6.45, 7) is 0. The van der Waals surface area contributed by atoms with Crippen molar-refractivity contribution in [2.75, 3.05) is 0 Å². The molecule has 0 fully saturated rings. The van der Waals surface area contributed by atoms with Crippen molar-refractivity contribution in [3.8, 4) is 0 Å². The zero-order valence-corrected chi connectivity index (χ0v) is 9.70. The molecule has 0 aromatic carbocycles. The van der Waals surface area contributed by atoms with Gasteiger partial charge in [-0.3, -0.25) is 0 Å². The molecule has 0 nitrogen and oxygen atoms in total. The number of rotatable bonds is 0. The van der Waals surface area contributed by atoms with E-state index in [1.165, 1.54) is 0 Å². The van der Waals surface area contributed by atoms with Gasteiger partial charge in [0, 0.05) is 0 Å². The maximum Gasteiger partial charge on any atom is 3.00 e. The van der Waals surface area contributed by atoms with Crippen molar-refractivity contribution < 1.29 is 49.7 Å². The Morgan fingerprint density at radius 2 is 0.800 bits per heavy atom. The molecule has 0 rings (SSSR count). The van der Waals surface area contributed by atoms with E-state index >= 15 is 0 Å². The molecule has 5 heteroatoms. The maximum absolute atomic E-state index is 0. The standard InChI is InChI=1S/Ba.3FH.Y.2H/h;3*1H;;;/q+2;;;;+3;2*-1/p-3. The van der Waals surface area contributed by atoms with Gasteiger partial charge in [0.2, 0.25) is 0 Å². The van der Waals surface area contributed by atoms with Gasteiger partial charge in [0.1, 0.15) is 0 Å². The van der Waals surface area contributed by atoms with E-state index in [1.807, 2.05) is 0 Å². The Labute approximate surface area is 96.5 Å². The van der Waals surface area contributed by atoms with Crippen LogP contribution in [0.15, 0.2) is 0 Å². The van der Waals surface area contributed by atoms with E-state index < -0.39 is 0 Å². The van der Waals surface area contributed by atoms with E-state index in [0.717, 1.165) is 0 Å². The summed E-state index contributed by atoms with van der Waals surface area (Å²) < 4.78 is 0. The summed E-state index contributed by atoms with van der Waals surface area (Å²) in [7, 11) is 0. The van der Waals surface area contributed by atoms with Crippen LogP contribution in [-0.4, -0.2) is 48.9 Å². The normalized spacial score (nSPS) is 0. The SMILES string of the molecule is [Ba+2].[F-].[F-].[F-].[H-].[H-].[Y+3]. The molecule has 0 aromatic rings. The molecule has 0 saturated carbocycles. The summed E-state index contributed by atoms with van der Waals surface area (Å²) in [6, 6.07) is 0. The quantitative estimate of drug-likeness (QED) is 0.388. The van der Waals surface area contributed by atoms with Gasteiger partial charge in [0.15, 0.2) is 0 Å². The van der Waals surface area contributed by atoms with Crippen molar-refractivity contribution in [3.05, 3.63) is 0 Å². The maximum atomic E-state index is 0. The largest absolute Gasteiger partial charge is 3.00 e. The first-order chi connectivity index (χ1) is 0. The van der Waals surface area contributed by atoms with Crippen LogP contribution in [-0.2, 0) is 32.7 Å². The summed E-state index contributed by atoms with van der Waals surface area (Å²) in [5.74, 6) is 0. The molecule has 0 heterocycles. The fourth-order valence-electron chi connectivity index (χ4n) is 0. The zero-order valence-electron chi connectivity index (χ0n) is 4.42. The summed E-state index contributed by atoms with van der Waals surface area (Å²) in [5, 5.41) is 0. The zero-order chi connectivity index (χ0) is 0. The van der Waals surface area contributed by atoms with E-state index in [-0.39, 0.29) is 98.6 Å². The van der Waals surface area contributed by atoms with Gasteiger partial charge in [-0.15, -0.1) is 0 Å². The van der Waals surface area contributed by atoms with E-state index in [0.29, 0.717) is 0 Å². The summed E-state index contributed by atoms with van der Waals surface area (Å²) >= 11 is 0. The van der Waals surface area contributed by atoms with Crippen molar-refractivity contribution in [2.24, 2.45) is 0 Å². The van der Waals surface area contributed by atoms with Crippen LogP contribution in [0, 0.1) is 0 Å². The third-order valence-electron chi connectivity index (χ3n) is 0. The second kappa shape index (κ2) is 31.8. The van der Waals surface area contributed by atoms with Gasteiger partial charge in [-0.25, -0.2) is 0 Å². The van der Waals surface area contributed by atoms with Crippen molar-refractivity contribution in [2.45, 2.75) is 0 Å². The Bertz CT molecular complexity index is 12.9. The van der Waals surface area contributed by atoms with Crippen LogP contribution >= 0.6 is 0 Å². The molecule has 0 N–H and O–H groups in total. The summed E-state index contributed by atoms with van der Waals surface area (Å²) in [6.07, 6.45) is 0. The van der Waals surface area contributed by atoms with E-state index in [2.05, 4.69) is 0 Å². The first kappa shape index (κ1) is 51.3. The van der Waals surface area contributed by atoms with Gasteiger partial charge >= 0.3 is 81.6 Å². The molecule has 0 bridgehead atoms. The van der Waals surface area contributed by atoms with E-state index in [1.54, 1.807) is 0 Å². The van der Waals surface area contributed by atoms with E-state index in [9.17, 15) is 0 Å². The number of hydrogen-bond acceptors (Lipinski definition) is 0. The molecule has 0 aliphatic rings. The monoisotopic (exact) mass is 286 g/mol. The molecule has 0 unspecified atom stereocenters. The Kier molecular flexibility index (Phi) is 326. The smallest absolute Gasteiger partial charge is 1.00 e. The molecule has 0 saturated heterocycles. The van der Waals surface area contributed by atoms with Crippen LogP contribution in [0.1, 0.15) is 2.85 Å². The third-order valence-corrected chi connectivity index (χ3v) is 0. The predicted octanol–water partition coefficient (Wildman–Crippen LogP) is -9.15. The van der Waals surface area contributed by atoms with Gasteiger partial charge in [-0.05, 0) is 0 Å². The molecule has 0 atom stereocenters. The molecular weight excluding hydrogens is 283 g/mol. The number of hydrogen-bond donors (Lipinski definition) is 0. The molecular formula is H2BaF3Y. The number of halogens is 3. The first-order valence-electron chi connectivity index (χ1n) is 0. The molecule has 28 valence electrons. The summed E-state index contributed by atoms with van der Waals surface area (Å²) in [5.41, 5.74) is 0. The van der Waals surface area contributed by atoms with Crippen LogP contribution in [0.3, 0.4) is 0 Å². The minimum absolute atomic E-state index is 0. The fourth-order valence-corrected chi connectivity index (χ4v) is 0. The van der Waals surface area contributed by atoms with Crippen LogP contribution in [0.5, 0.6) is 0 Å². The fraction of sp³-hybridized carbons (Fsp3) is 0. The molecule has 0 spiro atoms. The van der Waals surface area contributed by atoms with Crippen molar-refractivity contribution in [1.82, 2.24) is 0 Å².